The van der Waals surface area contributed by atoms with Crippen molar-refractivity contribution in [2.45, 2.75) is 12.1 Å². The first-order valence-corrected chi connectivity index (χ1v) is 9.89. The van der Waals surface area contributed by atoms with Crippen LogP contribution in [0.15, 0.2) is 46.2 Å². The number of benzene rings is 1. The molecule has 0 aliphatic carbocycles. The lowest BCUT2D eigenvalue weighted by Gasteiger charge is -2.16. The second-order valence-corrected chi connectivity index (χ2v) is 7.48. The number of hydrogen-bond donors (Lipinski definition) is 2. The number of aromatic nitrogens is 3. The van der Waals surface area contributed by atoms with Gasteiger partial charge in [0.05, 0.1) is 34.8 Å². The average Bonchev–Trinajstić information content (AvgIpc) is 3.26. The maximum atomic E-state index is 12.4. The SMILES string of the molecule is Cc1occc1-c1nnc(SCC(=O)N(C)CC(=O)Nc2ccccc2Cl)n1N. The van der Waals surface area contributed by atoms with Gasteiger partial charge in [0.2, 0.25) is 17.0 Å². The van der Waals surface area contributed by atoms with Crippen LogP contribution in [0.1, 0.15) is 5.76 Å². The molecular weight excluding hydrogens is 416 g/mol. The highest BCUT2D eigenvalue weighted by atomic mass is 35.5. The van der Waals surface area contributed by atoms with E-state index in [9.17, 15) is 9.59 Å². The highest BCUT2D eigenvalue weighted by Gasteiger charge is 2.19. The zero-order chi connectivity index (χ0) is 21.0. The number of nitrogens with one attached hydrogen (secondary N) is 1. The zero-order valence-corrected chi connectivity index (χ0v) is 17.3. The van der Waals surface area contributed by atoms with Crippen LogP contribution in [0.3, 0.4) is 0 Å². The second-order valence-electron chi connectivity index (χ2n) is 6.13. The van der Waals surface area contributed by atoms with E-state index < -0.39 is 0 Å². The Hall–Kier alpha value is -2.98. The lowest BCUT2D eigenvalue weighted by atomic mass is 10.2. The Balaban J connectivity index is 1.54. The summed E-state index contributed by atoms with van der Waals surface area (Å²) >= 11 is 7.15. The van der Waals surface area contributed by atoms with Crippen molar-refractivity contribution in [2.24, 2.45) is 0 Å². The molecule has 2 aromatic heterocycles. The number of halogens is 1. The van der Waals surface area contributed by atoms with Gasteiger partial charge in [-0.1, -0.05) is 35.5 Å². The number of anilines is 1. The first-order valence-electron chi connectivity index (χ1n) is 8.53. The lowest BCUT2D eigenvalue weighted by molar-refractivity contribution is -0.131. The van der Waals surface area contributed by atoms with E-state index in [2.05, 4.69) is 15.5 Å². The fourth-order valence-corrected chi connectivity index (χ4v) is 3.45. The molecule has 0 fully saturated rings. The predicted octanol–water partition coefficient (Wildman–Crippen LogP) is 2.40. The van der Waals surface area contributed by atoms with Crippen LogP contribution in [0.25, 0.3) is 11.4 Å². The van der Waals surface area contributed by atoms with Crippen molar-refractivity contribution in [1.82, 2.24) is 19.8 Å². The number of amides is 2. The third kappa shape index (κ3) is 4.90. The number of nitrogens with two attached hydrogens (primary N) is 1. The maximum Gasteiger partial charge on any atom is 0.244 e. The number of thioether (sulfide) groups is 1. The lowest BCUT2D eigenvalue weighted by Crippen LogP contribution is -2.36. The number of nitrogen functional groups attached to an aromatic ring is 1. The van der Waals surface area contributed by atoms with Crippen LogP contribution in [0.4, 0.5) is 5.69 Å². The summed E-state index contributed by atoms with van der Waals surface area (Å²) in [5.41, 5.74) is 1.22. The highest BCUT2D eigenvalue weighted by Crippen LogP contribution is 2.25. The number of rotatable bonds is 7. The van der Waals surface area contributed by atoms with Gasteiger partial charge in [0.15, 0.2) is 5.82 Å². The van der Waals surface area contributed by atoms with E-state index in [1.165, 1.54) is 9.58 Å². The Morgan fingerprint density at radius 2 is 2.07 bits per heavy atom. The van der Waals surface area contributed by atoms with Gasteiger partial charge in [0.1, 0.15) is 5.76 Å². The standard InChI is InChI=1S/C18H19ClN6O3S/c1-11-12(7-8-28-11)17-22-23-18(25(17)20)29-10-16(27)24(2)9-15(26)21-14-6-4-3-5-13(14)19/h3-8H,9-10,20H2,1-2H3,(H,21,26). The molecule has 3 rings (SSSR count). The number of furan rings is 1. The zero-order valence-electron chi connectivity index (χ0n) is 15.8. The molecule has 3 aromatic rings. The van der Waals surface area contributed by atoms with Crippen LogP contribution in [0.2, 0.25) is 5.02 Å². The van der Waals surface area contributed by atoms with Gasteiger partial charge in [-0.25, -0.2) is 4.68 Å². The number of hydrogen-bond acceptors (Lipinski definition) is 7. The number of carbonyl (C=O) groups is 2. The van der Waals surface area contributed by atoms with E-state index in [1.807, 2.05) is 0 Å². The van der Waals surface area contributed by atoms with Crippen molar-refractivity contribution in [3.8, 4) is 11.4 Å². The summed E-state index contributed by atoms with van der Waals surface area (Å²) in [6, 6.07) is 8.62. The topological polar surface area (TPSA) is 119 Å². The molecule has 0 unspecified atom stereocenters. The summed E-state index contributed by atoms with van der Waals surface area (Å²) in [6.45, 7) is 1.68. The number of carbonyl (C=O) groups excluding carboxylic acids is 2. The number of aryl methyl sites for hydroxylation is 1. The molecule has 11 heteroatoms. The second kappa shape index (κ2) is 9.01. The predicted molar refractivity (Wildman–Crippen MR) is 111 cm³/mol. The van der Waals surface area contributed by atoms with Crippen molar-refractivity contribution in [3.05, 3.63) is 47.4 Å². The van der Waals surface area contributed by atoms with Gasteiger partial charge in [-0.3, -0.25) is 9.59 Å². The first kappa shape index (κ1) is 20.7. The van der Waals surface area contributed by atoms with E-state index in [-0.39, 0.29) is 24.1 Å². The largest absolute Gasteiger partial charge is 0.469 e. The van der Waals surface area contributed by atoms with E-state index in [0.29, 0.717) is 27.5 Å². The molecule has 0 atom stereocenters. The Bertz CT molecular complexity index is 1030. The van der Waals surface area contributed by atoms with Crippen LogP contribution in [0.5, 0.6) is 0 Å². The summed E-state index contributed by atoms with van der Waals surface area (Å²) in [5.74, 6) is 6.59. The number of likely N-dealkylation sites (N-methyl/N-ethyl adjacent to an activating group) is 1. The van der Waals surface area contributed by atoms with Crippen LogP contribution in [-0.2, 0) is 9.59 Å². The molecule has 2 amide bonds. The smallest absolute Gasteiger partial charge is 0.244 e. The van der Waals surface area contributed by atoms with Gasteiger partial charge in [-0.05, 0) is 25.1 Å². The summed E-state index contributed by atoms with van der Waals surface area (Å²) in [6.07, 6.45) is 1.54. The molecule has 0 radical (unpaired) electrons. The summed E-state index contributed by atoms with van der Waals surface area (Å²) in [4.78, 5) is 25.8. The number of nitrogens with zero attached hydrogens (tertiary/aromatic N) is 4. The van der Waals surface area contributed by atoms with Crippen LogP contribution in [-0.4, -0.2) is 50.9 Å². The first-order chi connectivity index (χ1) is 13.9. The Morgan fingerprint density at radius 1 is 1.31 bits per heavy atom. The van der Waals surface area contributed by atoms with Crippen molar-refractivity contribution < 1.29 is 14.0 Å². The van der Waals surface area contributed by atoms with Crippen molar-refractivity contribution in [1.29, 1.82) is 0 Å². The Kier molecular flexibility index (Phi) is 6.45. The monoisotopic (exact) mass is 434 g/mol. The minimum Gasteiger partial charge on any atom is -0.469 e. The third-order valence-electron chi connectivity index (χ3n) is 4.04. The van der Waals surface area contributed by atoms with Gasteiger partial charge in [0, 0.05) is 7.05 Å². The molecule has 9 nitrogen and oxygen atoms in total. The quantitative estimate of drug-likeness (QED) is 0.432. The van der Waals surface area contributed by atoms with Gasteiger partial charge in [0.25, 0.3) is 0 Å². The van der Waals surface area contributed by atoms with Gasteiger partial charge in [-0.2, -0.15) is 0 Å². The molecule has 1 aromatic carbocycles. The number of para-hydroxylation sites is 1. The Morgan fingerprint density at radius 3 is 2.76 bits per heavy atom. The molecule has 0 aliphatic heterocycles. The molecule has 0 saturated heterocycles. The fraction of sp³-hybridized carbons (Fsp3) is 0.222. The fourth-order valence-electron chi connectivity index (χ4n) is 2.47. The van der Waals surface area contributed by atoms with E-state index in [1.54, 1.807) is 50.6 Å². The van der Waals surface area contributed by atoms with Crippen molar-refractivity contribution in [2.75, 3.05) is 30.5 Å². The molecule has 0 aliphatic rings. The minimum atomic E-state index is -0.348. The van der Waals surface area contributed by atoms with Crippen LogP contribution in [0, 0.1) is 6.92 Å². The molecule has 0 bridgehead atoms. The summed E-state index contributed by atoms with van der Waals surface area (Å²) < 4.78 is 6.55. The van der Waals surface area contributed by atoms with Crippen LogP contribution < -0.4 is 11.2 Å². The molecule has 2 heterocycles. The van der Waals surface area contributed by atoms with Gasteiger partial charge in [-0.15, -0.1) is 10.2 Å². The highest BCUT2D eigenvalue weighted by molar-refractivity contribution is 7.99. The van der Waals surface area contributed by atoms with Crippen LogP contribution >= 0.6 is 23.4 Å². The molecule has 0 spiro atoms. The molecule has 3 N–H and O–H groups in total. The summed E-state index contributed by atoms with van der Waals surface area (Å²) in [5, 5.41) is 11.5. The third-order valence-corrected chi connectivity index (χ3v) is 5.30. The van der Waals surface area contributed by atoms with E-state index in [4.69, 9.17) is 21.9 Å². The minimum absolute atomic E-state index is 0.0512. The van der Waals surface area contributed by atoms with Crippen molar-refractivity contribution in [3.63, 3.8) is 0 Å². The normalized spacial score (nSPS) is 10.7. The van der Waals surface area contributed by atoms with Gasteiger partial charge < -0.3 is 20.5 Å². The van der Waals surface area contributed by atoms with E-state index in [0.717, 1.165) is 17.3 Å². The molecule has 29 heavy (non-hydrogen) atoms. The summed E-state index contributed by atoms with van der Waals surface area (Å²) in [7, 11) is 1.54. The molecule has 152 valence electrons. The van der Waals surface area contributed by atoms with E-state index >= 15 is 0 Å². The van der Waals surface area contributed by atoms with Gasteiger partial charge >= 0.3 is 0 Å². The Labute approximate surface area is 176 Å². The molecule has 0 saturated carbocycles. The molecular formula is C18H19ClN6O3S. The van der Waals surface area contributed by atoms with Crippen molar-refractivity contribution >= 4 is 40.9 Å². The maximum absolute atomic E-state index is 12.4. The average molecular weight is 435 g/mol.